The van der Waals surface area contributed by atoms with Crippen LogP contribution in [0.15, 0.2) is 71.6 Å². The maximum Gasteiger partial charge on any atom is 0.264 e. The molecule has 0 fully saturated rings. The normalized spacial score (nSPS) is 12.1. The Kier molecular flexibility index (Phi) is 10.6. The number of hydrogen-bond acceptors (Lipinski definition) is 5. The van der Waals surface area contributed by atoms with Crippen LogP contribution in [0.1, 0.15) is 43.0 Å². The first-order chi connectivity index (χ1) is 19.3. The molecule has 220 valence electrons. The summed E-state index contributed by atoms with van der Waals surface area (Å²) < 4.78 is 34.8. The number of rotatable bonds is 12. The summed E-state index contributed by atoms with van der Waals surface area (Å²) in [4.78, 5) is 28.7. The lowest BCUT2D eigenvalue weighted by Crippen LogP contribution is -2.51. The van der Waals surface area contributed by atoms with Crippen molar-refractivity contribution in [2.75, 3.05) is 24.5 Å². The second-order valence-electron chi connectivity index (χ2n) is 10.8. The van der Waals surface area contributed by atoms with Gasteiger partial charge in [0.15, 0.2) is 0 Å². The van der Waals surface area contributed by atoms with E-state index in [0.717, 1.165) is 26.6 Å². The van der Waals surface area contributed by atoms with Crippen molar-refractivity contribution in [3.63, 3.8) is 0 Å². The fraction of sp³-hybridized carbons (Fsp3) is 0.375. The standard InChI is InChI=1S/C32H41N3O5S/c1-22(2)19-33-32(37)26(6)34(20-27-13-8-23(3)9-14-27)31(36)21-35(29-18-25(5)12-17-30(29)40-7)41(38,39)28-15-10-24(4)11-16-28/h8-18,22,26H,19-21H2,1-7H3,(H,33,37). The van der Waals surface area contributed by atoms with Gasteiger partial charge < -0.3 is 15.0 Å². The maximum absolute atomic E-state index is 14.1. The Morgan fingerprint density at radius 2 is 1.41 bits per heavy atom. The fourth-order valence-electron chi connectivity index (χ4n) is 4.27. The summed E-state index contributed by atoms with van der Waals surface area (Å²) in [6.45, 7) is 11.4. The molecule has 3 rings (SSSR count). The quantitative estimate of drug-likeness (QED) is 0.326. The van der Waals surface area contributed by atoms with E-state index < -0.39 is 28.5 Å². The summed E-state index contributed by atoms with van der Waals surface area (Å²) >= 11 is 0. The van der Waals surface area contributed by atoms with E-state index in [1.165, 1.54) is 24.1 Å². The van der Waals surface area contributed by atoms with Crippen LogP contribution in [-0.2, 0) is 26.2 Å². The second-order valence-corrected chi connectivity index (χ2v) is 12.7. The number of methoxy groups -OCH3 is 1. The SMILES string of the molecule is COc1ccc(C)cc1N(CC(=O)N(Cc1ccc(C)cc1)C(C)C(=O)NCC(C)C)S(=O)(=O)c1ccc(C)cc1. The summed E-state index contributed by atoms with van der Waals surface area (Å²) in [6, 6.07) is 18.5. The smallest absolute Gasteiger partial charge is 0.264 e. The zero-order valence-corrected chi connectivity index (χ0v) is 25.8. The molecule has 0 saturated heterocycles. The molecule has 0 radical (unpaired) electrons. The Balaban J connectivity index is 2.08. The van der Waals surface area contributed by atoms with E-state index in [2.05, 4.69) is 5.32 Å². The average molecular weight is 580 g/mol. The number of anilines is 1. The molecule has 2 amide bonds. The van der Waals surface area contributed by atoms with Crippen molar-refractivity contribution in [3.05, 3.63) is 89.0 Å². The lowest BCUT2D eigenvalue weighted by atomic mass is 10.1. The molecule has 8 nitrogen and oxygen atoms in total. The Hall–Kier alpha value is -3.85. The molecule has 3 aromatic carbocycles. The van der Waals surface area contributed by atoms with E-state index >= 15 is 0 Å². The van der Waals surface area contributed by atoms with E-state index in [-0.39, 0.29) is 29.0 Å². The predicted molar refractivity (Wildman–Crippen MR) is 162 cm³/mol. The number of benzene rings is 3. The van der Waals surface area contributed by atoms with Crippen molar-refractivity contribution in [2.24, 2.45) is 5.92 Å². The lowest BCUT2D eigenvalue weighted by Gasteiger charge is -2.32. The fourth-order valence-corrected chi connectivity index (χ4v) is 5.69. The van der Waals surface area contributed by atoms with Crippen molar-refractivity contribution < 1.29 is 22.7 Å². The van der Waals surface area contributed by atoms with Crippen LogP contribution in [0.3, 0.4) is 0 Å². The molecular weight excluding hydrogens is 538 g/mol. The van der Waals surface area contributed by atoms with Crippen molar-refractivity contribution in [3.8, 4) is 5.75 Å². The number of sulfonamides is 1. The number of carbonyl (C=O) groups is 2. The topological polar surface area (TPSA) is 96.0 Å². The molecule has 3 aromatic rings. The lowest BCUT2D eigenvalue weighted by molar-refractivity contribution is -0.139. The van der Waals surface area contributed by atoms with E-state index in [9.17, 15) is 18.0 Å². The van der Waals surface area contributed by atoms with Gasteiger partial charge in [-0.05, 0) is 69.0 Å². The van der Waals surface area contributed by atoms with Gasteiger partial charge in [0.1, 0.15) is 18.3 Å². The zero-order valence-electron chi connectivity index (χ0n) is 25.0. The minimum atomic E-state index is -4.19. The van der Waals surface area contributed by atoms with Crippen LogP contribution in [0.2, 0.25) is 0 Å². The third-order valence-corrected chi connectivity index (χ3v) is 8.59. The zero-order chi connectivity index (χ0) is 30.3. The first-order valence-corrected chi connectivity index (χ1v) is 15.1. The van der Waals surface area contributed by atoms with Crippen LogP contribution < -0.4 is 14.4 Å². The summed E-state index contributed by atoms with van der Waals surface area (Å²) in [5.74, 6) is -0.277. The molecule has 41 heavy (non-hydrogen) atoms. The summed E-state index contributed by atoms with van der Waals surface area (Å²) in [5, 5.41) is 2.90. The Labute approximate surface area is 244 Å². The molecule has 0 aromatic heterocycles. The first kappa shape index (κ1) is 31.7. The van der Waals surface area contributed by atoms with Crippen molar-refractivity contribution in [1.82, 2.24) is 10.2 Å². The van der Waals surface area contributed by atoms with Crippen LogP contribution in [0.4, 0.5) is 5.69 Å². The molecule has 1 unspecified atom stereocenters. The van der Waals surface area contributed by atoms with E-state index in [1.807, 2.05) is 65.0 Å². The van der Waals surface area contributed by atoms with Crippen LogP contribution in [0, 0.1) is 26.7 Å². The van der Waals surface area contributed by atoms with Gasteiger partial charge in [-0.3, -0.25) is 13.9 Å². The van der Waals surface area contributed by atoms with Crippen LogP contribution in [-0.4, -0.2) is 51.4 Å². The highest BCUT2D eigenvalue weighted by atomic mass is 32.2. The van der Waals surface area contributed by atoms with Gasteiger partial charge in [-0.25, -0.2) is 8.42 Å². The predicted octanol–water partition coefficient (Wildman–Crippen LogP) is 5.01. The Morgan fingerprint density at radius 1 is 0.854 bits per heavy atom. The molecule has 1 atom stereocenters. The second kappa shape index (κ2) is 13.7. The van der Waals surface area contributed by atoms with Gasteiger partial charge in [0.2, 0.25) is 11.8 Å². The molecule has 0 saturated carbocycles. The number of aryl methyl sites for hydroxylation is 3. The van der Waals surface area contributed by atoms with Crippen LogP contribution in [0.5, 0.6) is 5.75 Å². The van der Waals surface area contributed by atoms with Gasteiger partial charge in [-0.2, -0.15) is 0 Å². The largest absolute Gasteiger partial charge is 0.495 e. The number of nitrogens with one attached hydrogen (secondary N) is 1. The molecule has 0 aliphatic heterocycles. The van der Waals surface area contributed by atoms with E-state index in [1.54, 1.807) is 31.2 Å². The van der Waals surface area contributed by atoms with Gasteiger partial charge in [-0.15, -0.1) is 0 Å². The van der Waals surface area contributed by atoms with Crippen molar-refractivity contribution >= 4 is 27.5 Å². The van der Waals surface area contributed by atoms with Gasteiger partial charge in [0.05, 0.1) is 17.7 Å². The number of amides is 2. The molecule has 0 spiro atoms. The van der Waals surface area contributed by atoms with E-state index in [4.69, 9.17) is 4.74 Å². The third-order valence-electron chi connectivity index (χ3n) is 6.82. The first-order valence-electron chi connectivity index (χ1n) is 13.7. The molecule has 0 aliphatic carbocycles. The highest BCUT2D eigenvalue weighted by molar-refractivity contribution is 7.92. The highest BCUT2D eigenvalue weighted by Crippen LogP contribution is 2.34. The molecule has 1 N–H and O–H groups in total. The van der Waals surface area contributed by atoms with E-state index in [0.29, 0.717) is 12.3 Å². The third kappa shape index (κ3) is 8.10. The maximum atomic E-state index is 14.1. The monoisotopic (exact) mass is 579 g/mol. The highest BCUT2D eigenvalue weighted by Gasteiger charge is 2.34. The molecule has 0 heterocycles. The number of nitrogens with zero attached hydrogens (tertiary/aromatic N) is 2. The number of ether oxygens (including phenoxy) is 1. The molecular formula is C32H41N3O5S. The van der Waals surface area contributed by atoms with Gasteiger partial charge in [0.25, 0.3) is 10.0 Å². The van der Waals surface area contributed by atoms with Gasteiger partial charge in [0, 0.05) is 13.1 Å². The Morgan fingerprint density at radius 3 is 1.98 bits per heavy atom. The summed E-state index contributed by atoms with van der Waals surface area (Å²) in [6.07, 6.45) is 0. The minimum absolute atomic E-state index is 0.0484. The van der Waals surface area contributed by atoms with Crippen LogP contribution >= 0.6 is 0 Å². The van der Waals surface area contributed by atoms with Gasteiger partial charge in [-0.1, -0.05) is 67.4 Å². The summed E-state index contributed by atoms with van der Waals surface area (Å²) in [7, 11) is -2.73. The average Bonchev–Trinajstić information content (AvgIpc) is 2.93. The van der Waals surface area contributed by atoms with Crippen LogP contribution in [0.25, 0.3) is 0 Å². The number of carbonyl (C=O) groups excluding carboxylic acids is 2. The van der Waals surface area contributed by atoms with Crippen molar-refractivity contribution in [2.45, 2.75) is 59.0 Å². The molecule has 0 aliphatic rings. The molecule has 9 heteroatoms. The minimum Gasteiger partial charge on any atom is -0.495 e. The molecule has 0 bridgehead atoms. The number of hydrogen-bond donors (Lipinski definition) is 1. The van der Waals surface area contributed by atoms with Gasteiger partial charge >= 0.3 is 0 Å². The van der Waals surface area contributed by atoms with Crippen molar-refractivity contribution in [1.29, 1.82) is 0 Å². The Bertz CT molecular complexity index is 1450. The summed E-state index contributed by atoms with van der Waals surface area (Å²) in [5.41, 5.74) is 3.85.